The van der Waals surface area contributed by atoms with Crippen LogP contribution >= 0.6 is 11.6 Å². The molecule has 1 aliphatic rings. The van der Waals surface area contributed by atoms with Crippen molar-refractivity contribution < 1.29 is 22.3 Å². The van der Waals surface area contributed by atoms with E-state index < -0.39 is 38.0 Å². The average Bonchev–Trinajstić information content (AvgIpc) is 2.70. The SMILES string of the molecule is O=C1c2nccnc2CS(=O)(=O)C1c1c(F)ccc(Cl)c1OCc1ccccc1. The maximum Gasteiger partial charge on any atom is 0.205 e. The molecule has 0 saturated carbocycles. The highest BCUT2D eigenvalue weighted by atomic mass is 35.5. The van der Waals surface area contributed by atoms with Crippen LogP contribution in [0.5, 0.6) is 5.75 Å². The van der Waals surface area contributed by atoms with Gasteiger partial charge in [0, 0.05) is 12.4 Å². The molecule has 0 aliphatic carbocycles. The molecule has 0 fully saturated rings. The predicted octanol–water partition coefficient (Wildman–Crippen LogP) is 3.70. The highest BCUT2D eigenvalue weighted by molar-refractivity contribution is 7.91. The van der Waals surface area contributed by atoms with Gasteiger partial charge in [-0.2, -0.15) is 0 Å². The highest BCUT2D eigenvalue weighted by Gasteiger charge is 2.45. The van der Waals surface area contributed by atoms with E-state index in [9.17, 15) is 17.6 Å². The second-order valence-corrected chi connectivity index (χ2v) is 8.94. The molecule has 0 radical (unpaired) electrons. The van der Waals surface area contributed by atoms with Crippen LogP contribution in [0.15, 0.2) is 54.9 Å². The van der Waals surface area contributed by atoms with E-state index in [1.165, 1.54) is 18.5 Å². The van der Waals surface area contributed by atoms with Gasteiger partial charge in [0.1, 0.15) is 23.9 Å². The van der Waals surface area contributed by atoms with Crippen LogP contribution in [-0.2, 0) is 22.2 Å². The van der Waals surface area contributed by atoms with Gasteiger partial charge in [0.25, 0.3) is 0 Å². The summed E-state index contributed by atoms with van der Waals surface area (Å²) in [6, 6.07) is 11.3. The lowest BCUT2D eigenvalue weighted by Gasteiger charge is -2.25. The summed E-state index contributed by atoms with van der Waals surface area (Å²) in [5.74, 6) is -2.46. The molecule has 0 N–H and O–H groups in total. The number of rotatable bonds is 4. The fourth-order valence-electron chi connectivity index (χ4n) is 3.22. The molecule has 0 amide bonds. The van der Waals surface area contributed by atoms with E-state index >= 15 is 0 Å². The normalized spacial score (nSPS) is 17.6. The Hall–Kier alpha value is -2.84. The molecule has 0 bridgehead atoms. The number of sulfone groups is 1. The van der Waals surface area contributed by atoms with Crippen molar-refractivity contribution in [3.8, 4) is 5.75 Å². The zero-order valence-electron chi connectivity index (χ0n) is 14.9. The van der Waals surface area contributed by atoms with E-state index in [1.807, 2.05) is 6.07 Å². The molecule has 3 aromatic rings. The third kappa shape index (κ3) is 3.61. The summed E-state index contributed by atoms with van der Waals surface area (Å²) in [6.45, 7) is 0.0222. The number of Topliss-reactive ketones (excluding diaryl/α,β-unsaturated/α-hetero) is 1. The Bertz CT molecular complexity index is 1200. The van der Waals surface area contributed by atoms with Gasteiger partial charge in [-0.1, -0.05) is 41.9 Å². The van der Waals surface area contributed by atoms with Gasteiger partial charge >= 0.3 is 0 Å². The lowest BCUT2D eigenvalue weighted by molar-refractivity contribution is 0.0975. The summed E-state index contributed by atoms with van der Waals surface area (Å²) in [4.78, 5) is 20.8. The fraction of sp³-hybridized carbons (Fsp3) is 0.150. The minimum atomic E-state index is -4.11. The van der Waals surface area contributed by atoms with Crippen molar-refractivity contribution in [1.29, 1.82) is 0 Å². The molecule has 0 spiro atoms. The molecular weight excluding hydrogens is 419 g/mol. The van der Waals surface area contributed by atoms with Crippen LogP contribution in [0, 0.1) is 5.82 Å². The van der Waals surface area contributed by atoms with Gasteiger partial charge < -0.3 is 4.74 Å². The largest absolute Gasteiger partial charge is 0.487 e. The van der Waals surface area contributed by atoms with Crippen molar-refractivity contribution >= 4 is 27.2 Å². The first-order chi connectivity index (χ1) is 13.9. The number of benzene rings is 2. The van der Waals surface area contributed by atoms with Crippen molar-refractivity contribution in [2.24, 2.45) is 0 Å². The number of halogens is 2. The monoisotopic (exact) mass is 432 g/mol. The zero-order chi connectivity index (χ0) is 20.6. The second-order valence-electron chi connectivity index (χ2n) is 6.45. The van der Waals surface area contributed by atoms with E-state index in [4.69, 9.17) is 16.3 Å². The van der Waals surface area contributed by atoms with Crippen molar-refractivity contribution in [1.82, 2.24) is 9.97 Å². The van der Waals surface area contributed by atoms with Crippen molar-refractivity contribution in [3.63, 3.8) is 0 Å². The van der Waals surface area contributed by atoms with Crippen molar-refractivity contribution in [3.05, 3.63) is 88.2 Å². The van der Waals surface area contributed by atoms with Gasteiger partial charge in [0.2, 0.25) is 5.78 Å². The van der Waals surface area contributed by atoms with E-state index in [0.717, 1.165) is 11.6 Å². The van der Waals surface area contributed by atoms with Crippen LogP contribution in [0.1, 0.15) is 32.6 Å². The second kappa shape index (κ2) is 7.53. The smallest absolute Gasteiger partial charge is 0.205 e. The number of nitrogens with zero attached hydrogens (tertiary/aromatic N) is 2. The number of ether oxygens (including phenoxy) is 1. The highest BCUT2D eigenvalue weighted by Crippen LogP contribution is 2.43. The Balaban J connectivity index is 1.82. The third-order valence-corrected chi connectivity index (χ3v) is 6.67. The number of ketones is 1. The van der Waals surface area contributed by atoms with E-state index in [0.29, 0.717) is 0 Å². The first-order valence-electron chi connectivity index (χ1n) is 8.59. The summed E-state index contributed by atoms with van der Waals surface area (Å²) >= 11 is 6.20. The summed E-state index contributed by atoms with van der Waals surface area (Å²) < 4.78 is 46.3. The van der Waals surface area contributed by atoms with Gasteiger partial charge in [0.05, 0.1) is 22.0 Å². The van der Waals surface area contributed by atoms with Crippen molar-refractivity contribution in [2.75, 3.05) is 0 Å². The number of hydrogen-bond donors (Lipinski definition) is 0. The van der Waals surface area contributed by atoms with Gasteiger partial charge in [-0.3, -0.25) is 9.78 Å². The number of fused-ring (bicyclic) bond motifs is 1. The maximum atomic E-state index is 14.8. The van der Waals surface area contributed by atoms with Gasteiger partial charge in [-0.05, 0) is 17.7 Å². The summed E-state index contributed by atoms with van der Waals surface area (Å²) in [5.41, 5.74) is 0.311. The quantitative estimate of drug-likeness (QED) is 0.624. The molecule has 29 heavy (non-hydrogen) atoms. The van der Waals surface area contributed by atoms with Gasteiger partial charge in [-0.25, -0.2) is 17.8 Å². The fourth-order valence-corrected chi connectivity index (χ4v) is 5.21. The topological polar surface area (TPSA) is 86.2 Å². The minimum Gasteiger partial charge on any atom is -0.487 e. The molecule has 4 rings (SSSR count). The van der Waals surface area contributed by atoms with Crippen LogP contribution in [0.3, 0.4) is 0 Å². The Morgan fingerprint density at radius 3 is 2.59 bits per heavy atom. The first kappa shape index (κ1) is 19.5. The molecule has 148 valence electrons. The van der Waals surface area contributed by atoms with Crippen LogP contribution in [-0.4, -0.2) is 24.2 Å². The Morgan fingerprint density at radius 1 is 1.10 bits per heavy atom. The van der Waals surface area contributed by atoms with E-state index in [1.54, 1.807) is 24.3 Å². The van der Waals surface area contributed by atoms with E-state index in [-0.39, 0.29) is 28.8 Å². The van der Waals surface area contributed by atoms with Crippen LogP contribution < -0.4 is 4.74 Å². The lowest BCUT2D eigenvalue weighted by atomic mass is 10.0. The Morgan fingerprint density at radius 2 is 1.83 bits per heavy atom. The van der Waals surface area contributed by atoms with Crippen molar-refractivity contribution in [2.45, 2.75) is 17.6 Å². The number of carbonyl (C=O) groups is 1. The maximum absolute atomic E-state index is 14.8. The molecule has 6 nitrogen and oxygen atoms in total. The van der Waals surface area contributed by atoms with Crippen LogP contribution in [0.2, 0.25) is 5.02 Å². The Labute approximate surface area is 171 Å². The molecule has 1 unspecified atom stereocenters. The minimum absolute atomic E-state index is 0.00488. The molecular formula is C20H14ClFN2O4S. The molecule has 1 aromatic heterocycles. The average molecular weight is 433 g/mol. The van der Waals surface area contributed by atoms with Gasteiger partial charge in [0.15, 0.2) is 15.1 Å². The third-order valence-electron chi connectivity index (χ3n) is 4.53. The number of hydrogen-bond acceptors (Lipinski definition) is 6. The standard InChI is InChI=1S/C20H14ClFN2O4S/c21-13-6-7-14(22)16(19(13)28-10-12-4-2-1-3-5-12)20-18(25)17-15(11-29(20,26)27)23-8-9-24-17/h1-9,20H,10-11H2. The van der Waals surface area contributed by atoms with Crippen LogP contribution in [0.25, 0.3) is 0 Å². The molecule has 2 aromatic carbocycles. The number of aromatic nitrogens is 2. The summed E-state index contributed by atoms with van der Waals surface area (Å²) in [7, 11) is -4.11. The summed E-state index contributed by atoms with van der Waals surface area (Å²) in [5, 5.41) is -1.80. The summed E-state index contributed by atoms with van der Waals surface area (Å²) in [6.07, 6.45) is 2.59. The zero-order valence-corrected chi connectivity index (χ0v) is 16.5. The van der Waals surface area contributed by atoms with E-state index in [2.05, 4.69) is 9.97 Å². The lowest BCUT2D eigenvalue weighted by Crippen LogP contribution is -2.32. The molecule has 1 aliphatic heterocycles. The molecule has 2 heterocycles. The van der Waals surface area contributed by atoms with Crippen LogP contribution in [0.4, 0.5) is 4.39 Å². The predicted molar refractivity (Wildman–Crippen MR) is 104 cm³/mol. The number of carbonyl (C=O) groups excluding carboxylic acids is 1. The van der Waals surface area contributed by atoms with Gasteiger partial charge in [-0.15, -0.1) is 0 Å². The first-order valence-corrected chi connectivity index (χ1v) is 10.7. The Kier molecular flexibility index (Phi) is 5.06. The molecule has 1 atom stereocenters. The molecule has 9 heteroatoms. The molecule has 0 saturated heterocycles.